The van der Waals surface area contributed by atoms with Crippen LogP contribution in [0.5, 0.6) is 5.75 Å². The van der Waals surface area contributed by atoms with Gasteiger partial charge in [-0.25, -0.2) is 0 Å². The number of hydrogen-bond donors (Lipinski definition) is 2. The molecule has 2 N–H and O–H groups in total. The molecule has 1 amide bonds. The molecule has 5 nitrogen and oxygen atoms in total. The number of nitrogens with zero attached hydrogens (tertiary/aromatic N) is 1. The van der Waals surface area contributed by atoms with Crippen LogP contribution in [-0.4, -0.2) is 43.1 Å². The highest BCUT2D eigenvalue weighted by Crippen LogP contribution is 2.32. The summed E-state index contributed by atoms with van der Waals surface area (Å²) in [7, 11) is 1.65. The van der Waals surface area contributed by atoms with E-state index in [1.165, 1.54) is 0 Å². The predicted molar refractivity (Wildman–Crippen MR) is 110 cm³/mol. The maximum absolute atomic E-state index is 13.4. The van der Waals surface area contributed by atoms with Gasteiger partial charge in [0.05, 0.1) is 18.4 Å². The van der Waals surface area contributed by atoms with E-state index >= 15 is 0 Å². The van der Waals surface area contributed by atoms with Gasteiger partial charge in [-0.2, -0.15) is 0 Å². The lowest BCUT2D eigenvalue weighted by atomic mass is 10.1. The lowest BCUT2D eigenvalue weighted by Crippen LogP contribution is -2.42. The monoisotopic (exact) mass is 387 g/mol. The minimum atomic E-state index is 0. The maximum Gasteiger partial charge on any atom is 0.256 e. The fraction of sp³-hybridized carbons (Fsp3) is 0.381. The average Bonchev–Trinajstić information content (AvgIpc) is 2.95. The number of benzene rings is 2. The van der Waals surface area contributed by atoms with E-state index in [0.29, 0.717) is 12.1 Å². The smallest absolute Gasteiger partial charge is 0.256 e. The van der Waals surface area contributed by atoms with Crippen molar-refractivity contribution in [2.75, 3.05) is 25.5 Å². The molecule has 2 saturated heterocycles. The Labute approximate surface area is 166 Å². The SMILES string of the molecule is COc1ccc(Nc2ccccc2C(=O)N2C3CCNCC2CC3)cc1.Cl. The van der Waals surface area contributed by atoms with Crippen LogP contribution in [0.3, 0.4) is 0 Å². The summed E-state index contributed by atoms with van der Waals surface area (Å²) in [6.45, 7) is 1.90. The van der Waals surface area contributed by atoms with Gasteiger partial charge in [-0.3, -0.25) is 4.79 Å². The molecule has 0 spiro atoms. The number of rotatable bonds is 4. The number of ether oxygens (including phenoxy) is 1. The molecular formula is C21H26ClN3O2. The Balaban J connectivity index is 0.00000210. The van der Waals surface area contributed by atoms with Crippen LogP contribution in [0.15, 0.2) is 48.5 Å². The van der Waals surface area contributed by atoms with Gasteiger partial charge < -0.3 is 20.3 Å². The van der Waals surface area contributed by atoms with Crippen LogP contribution in [0.4, 0.5) is 11.4 Å². The van der Waals surface area contributed by atoms with Crippen molar-refractivity contribution in [3.63, 3.8) is 0 Å². The summed E-state index contributed by atoms with van der Waals surface area (Å²) in [4.78, 5) is 15.5. The van der Waals surface area contributed by atoms with Crippen LogP contribution in [0.25, 0.3) is 0 Å². The van der Waals surface area contributed by atoms with E-state index in [9.17, 15) is 4.79 Å². The largest absolute Gasteiger partial charge is 0.497 e. The molecule has 2 fully saturated rings. The highest BCUT2D eigenvalue weighted by atomic mass is 35.5. The van der Waals surface area contributed by atoms with Gasteiger partial charge >= 0.3 is 0 Å². The van der Waals surface area contributed by atoms with Gasteiger partial charge in [0, 0.05) is 24.3 Å². The molecule has 0 radical (unpaired) electrons. The molecule has 0 saturated carbocycles. The lowest BCUT2D eigenvalue weighted by Gasteiger charge is -2.29. The topological polar surface area (TPSA) is 53.6 Å². The zero-order valence-corrected chi connectivity index (χ0v) is 16.3. The number of hydrogen-bond acceptors (Lipinski definition) is 4. The maximum atomic E-state index is 13.4. The molecule has 2 aliphatic rings. The molecule has 2 bridgehead atoms. The quantitative estimate of drug-likeness (QED) is 0.837. The molecule has 2 heterocycles. The number of anilines is 2. The van der Waals surface area contributed by atoms with E-state index in [0.717, 1.165) is 55.0 Å². The number of nitrogens with one attached hydrogen (secondary N) is 2. The first kappa shape index (κ1) is 19.5. The zero-order chi connectivity index (χ0) is 17.9. The van der Waals surface area contributed by atoms with Gasteiger partial charge in [0.1, 0.15) is 5.75 Å². The van der Waals surface area contributed by atoms with Gasteiger partial charge in [-0.1, -0.05) is 12.1 Å². The highest BCUT2D eigenvalue weighted by molar-refractivity contribution is 6.00. The lowest BCUT2D eigenvalue weighted by molar-refractivity contribution is 0.0681. The number of carbonyl (C=O) groups excluding carboxylic acids is 1. The van der Waals surface area contributed by atoms with E-state index < -0.39 is 0 Å². The Morgan fingerprint density at radius 3 is 2.59 bits per heavy atom. The summed E-state index contributed by atoms with van der Waals surface area (Å²) in [6, 6.07) is 16.2. The van der Waals surface area contributed by atoms with Crippen LogP contribution in [0, 0.1) is 0 Å². The molecular weight excluding hydrogens is 362 g/mol. The molecule has 27 heavy (non-hydrogen) atoms. The van der Waals surface area contributed by atoms with E-state index in [1.807, 2.05) is 48.5 Å². The average molecular weight is 388 g/mol. The molecule has 6 heteroatoms. The fourth-order valence-corrected chi connectivity index (χ4v) is 4.06. The van der Waals surface area contributed by atoms with E-state index in [4.69, 9.17) is 4.74 Å². The summed E-state index contributed by atoms with van der Waals surface area (Å²) in [6.07, 6.45) is 3.25. The molecule has 2 atom stereocenters. The van der Waals surface area contributed by atoms with Gasteiger partial charge in [-0.15, -0.1) is 12.4 Å². The first-order chi connectivity index (χ1) is 12.8. The van der Waals surface area contributed by atoms with Crippen LogP contribution in [0.1, 0.15) is 29.6 Å². The second kappa shape index (κ2) is 8.63. The number of methoxy groups -OCH3 is 1. The van der Waals surface area contributed by atoms with Crippen molar-refractivity contribution in [2.45, 2.75) is 31.3 Å². The second-order valence-corrected chi connectivity index (χ2v) is 6.99. The third-order valence-corrected chi connectivity index (χ3v) is 5.42. The summed E-state index contributed by atoms with van der Waals surface area (Å²) >= 11 is 0. The van der Waals surface area contributed by atoms with Crippen LogP contribution in [-0.2, 0) is 0 Å². The third-order valence-electron chi connectivity index (χ3n) is 5.42. The van der Waals surface area contributed by atoms with Crippen molar-refractivity contribution < 1.29 is 9.53 Å². The van der Waals surface area contributed by atoms with Crippen molar-refractivity contribution in [2.24, 2.45) is 0 Å². The fourth-order valence-electron chi connectivity index (χ4n) is 4.06. The first-order valence-corrected chi connectivity index (χ1v) is 9.30. The van der Waals surface area contributed by atoms with Crippen molar-refractivity contribution >= 4 is 29.7 Å². The highest BCUT2D eigenvalue weighted by Gasteiger charge is 2.38. The van der Waals surface area contributed by atoms with E-state index in [2.05, 4.69) is 15.5 Å². The van der Waals surface area contributed by atoms with Gasteiger partial charge in [0.15, 0.2) is 0 Å². The number of para-hydroxylation sites is 1. The van der Waals surface area contributed by atoms with Crippen LogP contribution < -0.4 is 15.4 Å². The van der Waals surface area contributed by atoms with Gasteiger partial charge in [-0.05, 0) is 62.2 Å². The van der Waals surface area contributed by atoms with Crippen molar-refractivity contribution in [3.05, 3.63) is 54.1 Å². The summed E-state index contributed by atoms with van der Waals surface area (Å²) in [5.74, 6) is 0.950. The number of carbonyl (C=O) groups is 1. The summed E-state index contributed by atoms with van der Waals surface area (Å²) < 4.78 is 5.21. The Hall–Kier alpha value is -2.24. The van der Waals surface area contributed by atoms with Gasteiger partial charge in [0.2, 0.25) is 0 Å². The Morgan fingerprint density at radius 2 is 1.81 bits per heavy atom. The van der Waals surface area contributed by atoms with E-state index in [1.54, 1.807) is 7.11 Å². The third kappa shape index (κ3) is 4.04. The van der Waals surface area contributed by atoms with Crippen LogP contribution >= 0.6 is 12.4 Å². The van der Waals surface area contributed by atoms with Crippen molar-refractivity contribution in [1.29, 1.82) is 0 Å². The van der Waals surface area contributed by atoms with Crippen LogP contribution in [0.2, 0.25) is 0 Å². The number of amides is 1. The molecule has 2 aliphatic heterocycles. The molecule has 4 rings (SSSR count). The minimum absolute atomic E-state index is 0. The second-order valence-electron chi connectivity index (χ2n) is 6.99. The summed E-state index contributed by atoms with van der Waals surface area (Å²) in [5, 5.41) is 6.85. The Kier molecular flexibility index (Phi) is 6.24. The Morgan fingerprint density at radius 1 is 1.07 bits per heavy atom. The standard InChI is InChI=1S/C21H25N3O2.ClH/c1-26-18-10-6-15(7-11-18)23-20-5-3-2-4-19(20)21(25)24-16-8-9-17(24)14-22-13-12-16;/h2-7,10-11,16-17,22-23H,8-9,12-14H2,1H3;1H. The zero-order valence-electron chi connectivity index (χ0n) is 15.5. The molecule has 0 aromatic heterocycles. The number of fused-ring (bicyclic) bond motifs is 2. The van der Waals surface area contributed by atoms with Crippen molar-refractivity contribution in [3.8, 4) is 5.75 Å². The van der Waals surface area contributed by atoms with Crippen molar-refractivity contribution in [1.82, 2.24) is 10.2 Å². The summed E-state index contributed by atoms with van der Waals surface area (Å²) in [5.41, 5.74) is 2.52. The predicted octanol–water partition coefficient (Wildman–Crippen LogP) is 3.83. The molecule has 2 aromatic rings. The Bertz CT molecular complexity index is 767. The normalized spacial score (nSPS) is 21.1. The minimum Gasteiger partial charge on any atom is -0.497 e. The van der Waals surface area contributed by atoms with E-state index in [-0.39, 0.29) is 18.3 Å². The molecule has 144 valence electrons. The van der Waals surface area contributed by atoms with Gasteiger partial charge in [0.25, 0.3) is 5.91 Å². The molecule has 0 aliphatic carbocycles. The molecule has 2 unspecified atom stereocenters. The molecule has 2 aromatic carbocycles. The number of halogens is 1. The first-order valence-electron chi connectivity index (χ1n) is 9.30.